The van der Waals surface area contributed by atoms with E-state index >= 15 is 0 Å². The van der Waals surface area contributed by atoms with E-state index in [0.29, 0.717) is 17.6 Å². The minimum Gasteiger partial charge on any atom is -0.331 e. The Morgan fingerprint density at radius 1 is 0.386 bits per heavy atom. The Labute approximate surface area is 575 Å². The number of allylic oxidation sites excluding steroid dienone is 2. The molecule has 0 spiro atoms. The zero-order valence-electron chi connectivity index (χ0n) is 54.2. The molecule has 8 heterocycles. The molecule has 0 saturated carbocycles. The van der Waals surface area contributed by atoms with Crippen molar-refractivity contribution in [1.29, 1.82) is 5.26 Å². The number of para-hydroxylation sites is 4. The molecule has 3 aliphatic rings. The van der Waals surface area contributed by atoms with E-state index in [2.05, 4.69) is 292 Å². The number of benzene rings is 15. The molecule has 6 aromatic heterocycles. The molecule has 0 fully saturated rings. The van der Waals surface area contributed by atoms with Gasteiger partial charge in [-0.1, -0.05) is 231 Å². The predicted octanol–water partition coefficient (Wildman–Crippen LogP) is 22.6. The van der Waals surface area contributed by atoms with Crippen LogP contribution in [0.3, 0.4) is 0 Å². The Morgan fingerprint density at radius 3 is 1.80 bits per heavy atom. The summed E-state index contributed by atoms with van der Waals surface area (Å²) in [6.07, 6.45) is 7.09. The summed E-state index contributed by atoms with van der Waals surface area (Å²) < 4.78 is 7.22. The van der Waals surface area contributed by atoms with Crippen molar-refractivity contribution in [3.63, 3.8) is 0 Å². The summed E-state index contributed by atoms with van der Waals surface area (Å²) >= 11 is 0. The quantitative estimate of drug-likeness (QED) is 0.174. The second-order valence-electron chi connectivity index (χ2n) is 28.0. The van der Waals surface area contributed by atoms with Crippen LogP contribution in [0.5, 0.6) is 0 Å². The lowest BCUT2D eigenvalue weighted by molar-refractivity contribution is 0.573. The number of anilines is 2. The van der Waals surface area contributed by atoms with Crippen LogP contribution in [-0.4, -0.2) is 39.5 Å². The van der Waals surface area contributed by atoms with Crippen LogP contribution in [0.2, 0.25) is 0 Å². The van der Waals surface area contributed by atoms with Crippen molar-refractivity contribution in [2.45, 2.75) is 18.4 Å². The molecule has 2 unspecified atom stereocenters. The van der Waals surface area contributed by atoms with Crippen LogP contribution in [-0.2, 0) is 5.41 Å². The minimum atomic E-state index is -0.536. The van der Waals surface area contributed by atoms with Crippen LogP contribution in [0.1, 0.15) is 23.7 Å². The Bertz CT molecular complexity index is 7580. The molecule has 2 atom stereocenters. The third-order valence-electron chi connectivity index (χ3n) is 23.1. The van der Waals surface area contributed by atoms with Gasteiger partial charge in [-0.15, -0.1) is 0 Å². The fourth-order valence-corrected chi connectivity index (χ4v) is 19.1. The largest absolute Gasteiger partial charge is 0.331 e. The van der Waals surface area contributed by atoms with E-state index in [4.69, 9.17) is 19.9 Å². The SMILES string of the molecule is CC12C=CC=C3c4cc(-c5cccc6c5ccc5c6c6c7ccccc7c7c(c8cccc9c%10ccccc%10n7c98)c6n5-c5nc(-c6ccc7ccccc7c6)c6ccccc6n5)ccc4N(c4c1c1c(c5ccccc45)c4c5ccccc5ccc4n1-c1nc(C#N)c4ccccc4n1)C32. The first-order valence-electron chi connectivity index (χ1n) is 34.6. The highest BCUT2D eigenvalue weighted by Gasteiger charge is 2.56. The summed E-state index contributed by atoms with van der Waals surface area (Å²) in [5, 5.41) is 33.7. The zero-order chi connectivity index (χ0) is 65.8. The van der Waals surface area contributed by atoms with E-state index in [1.807, 2.05) is 24.3 Å². The third-order valence-corrected chi connectivity index (χ3v) is 23.1. The molecule has 21 aromatic rings. The first-order valence-corrected chi connectivity index (χ1v) is 34.6. The molecule has 1 aliphatic carbocycles. The van der Waals surface area contributed by atoms with E-state index in [1.54, 1.807) is 0 Å². The lowest BCUT2D eigenvalue weighted by Gasteiger charge is -2.33. The Morgan fingerprint density at radius 2 is 0.970 bits per heavy atom. The smallest absolute Gasteiger partial charge is 0.236 e. The number of hydrogen-bond acceptors (Lipinski definition) is 6. The molecule has 2 aliphatic heterocycles. The zero-order valence-corrected chi connectivity index (χ0v) is 54.2. The maximum absolute atomic E-state index is 10.8. The van der Waals surface area contributed by atoms with E-state index in [1.165, 1.54) is 93.1 Å². The van der Waals surface area contributed by atoms with Gasteiger partial charge in [-0.3, -0.25) is 9.13 Å². The Kier molecular flexibility index (Phi) is 10.1. The van der Waals surface area contributed by atoms with Gasteiger partial charge < -0.3 is 9.30 Å². The molecule has 15 aromatic carbocycles. The summed E-state index contributed by atoms with van der Waals surface area (Å²) in [7, 11) is 0. The number of aromatic nitrogens is 7. The molecule has 0 bridgehead atoms. The number of nitrogens with zero attached hydrogens (tertiary/aromatic N) is 9. The second-order valence-corrected chi connectivity index (χ2v) is 28.0. The lowest BCUT2D eigenvalue weighted by atomic mass is 9.71. The molecule has 24 rings (SSSR count). The van der Waals surface area contributed by atoms with Crippen LogP contribution in [0.15, 0.2) is 285 Å². The molecule has 9 heteroatoms. The van der Waals surface area contributed by atoms with Gasteiger partial charge in [0.2, 0.25) is 11.9 Å². The monoisotopic (exact) mass is 1280 g/mol. The summed E-state index contributed by atoms with van der Waals surface area (Å²) in [5.41, 5.74) is 19.5. The third kappa shape index (κ3) is 6.65. The number of fused-ring (bicyclic) bond motifs is 33. The van der Waals surface area contributed by atoms with E-state index < -0.39 is 5.41 Å². The van der Waals surface area contributed by atoms with Crippen LogP contribution in [0.4, 0.5) is 11.4 Å². The molecule has 9 nitrogen and oxygen atoms in total. The van der Waals surface area contributed by atoms with Crippen molar-refractivity contribution in [3.05, 3.63) is 302 Å². The van der Waals surface area contributed by atoms with Gasteiger partial charge >= 0.3 is 0 Å². The highest BCUT2D eigenvalue weighted by atomic mass is 15.2. The fraction of sp³-hybridized carbons (Fsp3) is 0.0326. The molecule has 464 valence electrons. The van der Waals surface area contributed by atoms with Gasteiger partial charge in [0.25, 0.3) is 0 Å². The summed E-state index contributed by atoms with van der Waals surface area (Å²) in [4.78, 5) is 24.7. The molecular formula is C92H51N9. The van der Waals surface area contributed by atoms with Crippen molar-refractivity contribution < 1.29 is 0 Å². The maximum atomic E-state index is 10.8. The normalized spacial score (nSPS) is 15.7. The van der Waals surface area contributed by atoms with Gasteiger partial charge in [-0.05, 0) is 121 Å². The predicted molar refractivity (Wildman–Crippen MR) is 416 cm³/mol. The summed E-state index contributed by atoms with van der Waals surface area (Å²) in [6, 6.07) is 99.8. The number of rotatable bonds is 4. The van der Waals surface area contributed by atoms with Gasteiger partial charge in [0.1, 0.15) is 6.07 Å². The first kappa shape index (κ1) is 53.6. The van der Waals surface area contributed by atoms with E-state index in [0.717, 1.165) is 115 Å². The van der Waals surface area contributed by atoms with Gasteiger partial charge in [0, 0.05) is 92.4 Å². The van der Waals surface area contributed by atoms with Crippen molar-refractivity contribution in [2.24, 2.45) is 0 Å². The average Bonchev–Trinajstić information content (AvgIpc) is 1.50. The fourth-order valence-electron chi connectivity index (χ4n) is 19.1. The van der Waals surface area contributed by atoms with Gasteiger partial charge in [0.15, 0.2) is 5.69 Å². The molecule has 0 radical (unpaired) electrons. The van der Waals surface area contributed by atoms with E-state index in [-0.39, 0.29) is 6.04 Å². The highest BCUT2D eigenvalue weighted by molar-refractivity contribution is 6.41. The summed E-state index contributed by atoms with van der Waals surface area (Å²) in [5.74, 6) is 1.10. The van der Waals surface area contributed by atoms with Gasteiger partial charge in [0.05, 0.1) is 67.1 Å². The minimum absolute atomic E-state index is 0.0736. The molecule has 0 saturated heterocycles. The van der Waals surface area contributed by atoms with Crippen LogP contribution < -0.4 is 4.90 Å². The highest BCUT2D eigenvalue weighted by Crippen LogP contribution is 2.65. The average molecular weight is 1280 g/mol. The molecule has 0 amide bonds. The second kappa shape index (κ2) is 19.0. The number of hydrogen-bond donors (Lipinski definition) is 0. The van der Waals surface area contributed by atoms with Crippen LogP contribution in [0.25, 0.3) is 197 Å². The maximum Gasteiger partial charge on any atom is 0.236 e. The molecule has 0 N–H and O–H groups in total. The standard InChI is InChI=1S/C92H51N9/c1-92-46-18-34-65-69-48-53(41-43-74(69)99(89(65)92)86-64-27-9-7-25-61(64)80-77-56-22-5-4-20-51(56)40-44-75(77)101(88(80)82(86)92)90-94-70-35-13-10-28-66(70)72(49-93)96-90)55-30-16-31-59-57(55)42-45-76-78(59)79-60-24-6-8-26-63(60)85-81(68-33-17-32-62-58-23-12-15-37-73(58)98(85)84(62)68)87(79)100(76)91-95-71-36-14-11-29-67(71)83(97-91)54-39-38-50-19-2-3-21-52(50)47-54/h2-48,89H,1H3. The van der Waals surface area contributed by atoms with Crippen molar-refractivity contribution in [1.82, 2.24) is 33.5 Å². The number of nitriles is 1. The van der Waals surface area contributed by atoms with Gasteiger partial charge in [-0.2, -0.15) is 5.26 Å². The Hall–Kier alpha value is -13.6. The molecule has 101 heavy (non-hydrogen) atoms. The lowest BCUT2D eigenvalue weighted by Crippen LogP contribution is -2.38. The van der Waals surface area contributed by atoms with Crippen LogP contribution >= 0.6 is 0 Å². The van der Waals surface area contributed by atoms with Crippen molar-refractivity contribution in [2.75, 3.05) is 4.90 Å². The van der Waals surface area contributed by atoms with E-state index in [9.17, 15) is 5.26 Å². The van der Waals surface area contributed by atoms with Crippen LogP contribution in [0, 0.1) is 11.3 Å². The Balaban J connectivity index is 0.766. The molecular weight excluding hydrogens is 1230 g/mol. The topological polar surface area (TPSA) is 92.9 Å². The first-order chi connectivity index (χ1) is 50.0. The van der Waals surface area contributed by atoms with Gasteiger partial charge in [-0.25, -0.2) is 19.9 Å². The van der Waals surface area contributed by atoms with Crippen molar-refractivity contribution >= 4 is 174 Å². The summed E-state index contributed by atoms with van der Waals surface area (Å²) in [6.45, 7) is 2.43. The van der Waals surface area contributed by atoms with Crippen molar-refractivity contribution in [3.8, 4) is 40.4 Å².